The molecule has 0 saturated carbocycles. The summed E-state index contributed by atoms with van der Waals surface area (Å²) >= 11 is 0. The fourth-order valence-corrected chi connectivity index (χ4v) is 2.57. The topological polar surface area (TPSA) is 91.4 Å². The highest BCUT2D eigenvalue weighted by atomic mass is 16.2. The maximum absolute atomic E-state index is 12.3. The second-order valence-electron chi connectivity index (χ2n) is 5.37. The lowest BCUT2D eigenvalue weighted by atomic mass is 10.1. The van der Waals surface area contributed by atoms with E-state index in [4.69, 9.17) is 0 Å². The van der Waals surface area contributed by atoms with Gasteiger partial charge in [0.25, 0.3) is 5.91 Å². The molecular weight excluding hydrogens is 308 g/mol. The van der Waals surface area contributed by atoms with Crippen LogP contribution in [0.1, 0.15) is 17.3 Å². The highest BCUT2D eigenvalue weighted by Gasteiger charge is 2.36. The molecule has 0 aliphatic carbocycles. The molecule has 1 aliphatic heterocycles. The Labute approximate surface area is 138 Å². The predicted octanol–water partition coefficient (Wildman–Crippen LogP) is 0.532. The van der Waals surface area contributed by atoms with Crippen molar-refractivity contribution >= 4 is 23.4 Å². The van der Waals surface area contributed by atoms with Gasteiger partial charge in [-0.3, -0.25) is 19.4 Å². The monoisotopic (exact) mass is 324 g/mol. The number of aromatic nitrogens is 1. The van der Waals surface area contributed by atoms with Gasteiger partial charge in [-0.25, -0.2) is 0 Å². The van der Waals surface area contributed by atoms with Crippen LogP contribution in [-0.2, 0) is 20.9 Å². The van der Waals surface area contributed by atoms with Crippen LogP contribution in [0.15, 0.2) is 48.7 Å². The van der Waals surface area contributed by atoms with Crippen molar-refractivity contribution in [2.75, 3.05) is 11.9 Å². The van der Waals surface area contributed by atoms with Gasteiger partial charge in [-0.15, -0.1) is 0 Å². The third kappa shape index (κ3) is 2.96. The number of para-hydroxylation sites is 1. The van der Waals surface area contributed by atoms with Gasteiger partial charge in [0.05, 0.1) is 12.2 Å². The fourth-order valence-electron chi connectivity index (χ4n) is 2.57. The van der Waals surface area contributed by atoms with Crippen molar-refractivity contribution in [1.82, 2.24) is 15.6 Å². The summed E-state index contributed by atoms with van der Waals surface area (Å²) in [6, 6.07) is 11.6. The van der Waals surface area contributed by atoms with Gasteiger partial charge in [-0.2, -0.15) is 0 Å². The number of amides is 3. The number of hydrogen-bond acceptors (Lipinski definition) is 4. The molecule has 7 heteroatoms. The smallest absolute Gasteiger partial charge is 0.310 e. The Morgan fingerprint density at radius 3 is 2.62 bits per heavy atom. The van der Waals surface area contributed by atoms with Gasteiger partial charge in [0.2, 0.25) is 0 Å². The molecule has 2 N–H and O–H groups in total. The van der Waals surface area contributed by atoms with Crippen LogP contribution < -0.4 is 15.5 Å². The Hall–Kier alpha value is -3.22. The standard InChI is InChI=1S/C17H16N4O3/c1-21-13-8-3-2-7-12(13)14(17(21)24)20-16(23)15(22)19-10-11-6-4-5-9-18-11/h2-9,14H,10H2,1H3,(H,19,22)(H,20,23)/t14-/m1/s1. The van der Waals surface area contributed by atoms with Crippen molar-refractivity contribution in [2.24, 2.45) is 0 Å². The van der Waals surface area contributed by atoms with Gasteiger partial charge in [0.15, 0.2) is 0 Å². The average molecular weight is 324 g/mol. The van der Waals surface area contributed by atoms with E-state index in [-0.39, 0.29) is 12.5 Å². The molecule has 3 rings (SSSR count). The lowest BCUT2D eigenvalue weighted by Crippen LogP contribution is -2.43. The summed E-state index contributed by atoms with van der Waals surface area (Å²) < 4.78 is 0. The van der Waals surface area contributed by atoms with Gasteiger partial charge in [0, 0.05) is 24.5 Å². The van der Waals surface area contributed by atoms with Crippen molar-refractivity contribution < 1.29 is 14.4 Å². The van der Waals surface area contributed by atoms with E-state index in [2.05, 4.69) is 15.6 Å². The lowest BCUT2D eigenvalue weighted by molar-refractivity contribution is -0.140. The molecule has 2 aromatic rings. The van der Waals surface area contributed by atoms with E-state index in [1.165, 1.54) is 4.90 Å². The number of nitrogens with one attached hydrogen (secondary N) is 2. The van der Waals surface area contributed by atoms with Crippen molar-refractivity contribution in [3.63, 3.8) is 0 Å². The van der Waals surface area contributed by atoms with Gasteiger partial charge in [-0.05, 0) is 18.2 Å². The number of anilines is 1. The minimum atomic E-state index is -0.852. The van der Waals surface area contributed by atoms with E-state index in [1.54, 1.807) is 49.6 Å². The van der Waals surface area contributed by atoms with Crippen LogP contribution in [-0.4, -0.2) is 29.8 Å². The molecule has 1 aromatic heterocycles. The Morgan fingerprint density at radius 1 is 1.12 bits per heavy atom. The molecule has 1 atom stereocenters. The highest BCUT2D eigenvalue weighted by Crippen LogP contribution is 2.34. The maximum Gasteiger partial charge on any atom is 0.310 e. The van der Waals surface area contributed by atoms with Crippen molar-refractivity contribution in [1.29, 1.82) is 0 Å². The largest absolute Gasteiger partial charge is 0.342 e. The van der Waals surface area contributed by atoms with Crippen LogP contribution in [0.25, 0.3) is 0 Å². The molecule has 0 radical (unpaired) electrons. The number of likely N-dealkylation sites (N-methyl/N-ethyl adjacent to an activating group) is 1. The molecule has 122 valence electrons. The number of nitrogens with zero attached hydrogens (tertiary/aromatic N) is 2. The van der Waals surface area contributed by atoms with Gasteiger partial charge in [0.1, 0.15) is 6.04 Å². The molecule has 0 spiro atoms. The first-order valence-electron chi connectivity index (χ1n) is 7.43. The summed E-state index contributed by atoms with van der Waals surface area (Å²) in [4.78, 5) is 41.8. The van der Waals surface area contributed by atoms with Crippen molar-refractivity contribution in [2.45, 2.75) is 12.6 Å². The van der Waals surface area contributed by atoms with Gasteiger partial charge < -0.3 is 15.5 Å². The van der Waals surface area contributed by atoms with Crippen LogP contribution in [0.4, 0.5) is 5.69 Å². The molecule has 7 nitrogen and oxygen atoms in total. The second kappa shape index (κ2) is 6.49. The number of carbonyl (C=O) groups is 3. The van der Waals surface area contributed by atoms with Crippen molar-refractivity contribution in [3.05, 3.63) is 59.9 Å². The Kier molecular flexibility index (Phi) is 4.24. The molecule has 0 unspecified atom stereocenters. The first kappa shape index (κ1) is 15.7. The van der Waals surface area contributed by atoms with E-state index in [0.29, 0.717) is 11.3 Å². The first-order chi connectivity index (χ1) is 11.6. The number of hydrogen-bond donors (Lipinski definition) is 2. The molecule has 2 heterocycles. The quantitative estimate of drug-likeness (QED) is 0.806. The summed E-state index contributed by atoms with van der Waals surface area (Å²) in [5, 5.41) is 4.97. The second-order valence-corrected chi connectivity index (χ2v) is 5.37. The zero-order valence-corrected chi connectivity index (χ0v) is 13.0. The molecular formula is C17H16N4O3. The van der Waals surface area contributed by atoms with Gasteiger partial charge >= 0.3 is 11.8 Å². The zero-order chi connectivity index (χ0) is 17.1. The summed E-state index contributed by atoms with van der Waals surface area (Å²) in [5.74, 6) is -1.93. The molecule has 3 amide bonds. The summed E-state index contributed by atoms with van der Waals surface area (Å²) in [5.41, 5.74) is 2.04. The van der Waals surface area contributed by atoms with Crippen LogP contribution in [0, 0.1) is 0 Å². The highest BCUT2D eigenvalue weighted by molar-refractivity contribution is 6.35. The van der Waals surface area contributed by atoms with Crippen LogP contribution in [0.3, 0.4) is 0 Å². The third-order valence-electron chi connectivity index (χ3n) is 3.82. The number of fused-ring (bicyclic) bond motifs is 1. The summed E-state index contributed by atoms with van der Waals surface area (Å²) in [6.07, 6.45) is 1.60. The van der Waals surface area contributed by atoms with E-state index in [1.807, 2.05) is 6.07 Å². The molecule has 1 aromatic carbocycles. The minimum Gasteiger partial charge on any atom is -0.342 e. The molecule has 0 saturated heterocycles. The van der Waals surface area contributed by atoms with Crippen LogP contribution >= 0.6 is 0 Å². The third-order valence-corrected chi connectivity index (χ3v) is 3.82. The number of rotatable bonds is 3. The molecule has 1 aliphatic rings. The SMILES string of the molecule is CN1C(=O)[C@H](NC(=O)C(=O)NCc2ccccn2)c2ccccc21. The Balaban J connectivity index is 1.64. The number of pyridine rings is 1. The fraction of sp³-hybridized carbons (Fsp3) is 0.176. The number of carbonyl (C=O) groups excluding carboxylic acids is 3. The van der Waals surface area contributed by atoms with E-state index in [9.17, 15) is 14.4 Å². The zero-order valence-electron chi connectivity index (χ0n) is 13.0. The van der Waals surface area contributed by atoms with Crippen LogP contribution in [0.2, 0.25) is 0 Å². The minimum absolute atomic E-state index is 0.141. The molecule has 0 fully saturated rings. The van der Waals surface area contributed by atoms with Crippen LogP contribution in [0.5, 0.6) is 0 Å². The Bertz CT molecular complexity index is 791. The normalized spacial score (nSPS) is 15.8. The average Bonchev–Trinajstić information content (AvgIpc) is 2.86. The number of benzene rings is 1. The lowest BCUT2D eigenvalue weighted by Gasteiger charge is -2.13. The first-order valence-corrected chi connectivity index (χ1v) is 7.43. The Morgan fingerprint density at radius 2 is 1.88 bits per heavy atom. The summed E-state index contributed by atoms with van der Waals surface area (Å²) in [6.45, 7) is 0.141. The van der Waals surface area contributed by atoms with E-state index >= 15 is 0 Å². The van der Waals surface area contributed by atoms with E-state index < -0.39 is 17.9 Å². The van der Waals surface area contributed by atoms with Crippen molar-refractivity contribution in [3.8, 4) is 0 Å². The maximum atomic E-state index is 12.3. The molecule has 24 heavy (non-hydrogen) atoms. The predicted molar refractivity (Wildman–Crippen MR) is 86.8 cm³/mol. The van der Waals surface area contributed by atoms with E-state index in [0.717, 1.165) is 5.69 Å². The molecule has 0 bridgehead atoms. The summed E-state index contributed by atoms with van der Waals surface area (Å²) in [7, 11) is 1.63. The van der Waals surface area contributed by atoms with Gasteiger partial charge in [-0.1, -0.05) is 24.3 Å².